The Kier molecular flexibility index (Phi) is 7.98. The van der Waals surface area contributed by atoms with Crippen molar-refractivity contribution >= 4 is 29.2 Å². The number of aryl methyl sites for hydroxylation is 1. The third-order valence-corrected chi connectivity index (χ3v) is 5.50. The molecule has 2 aromatic rings. The van der Waals surface area contributed by atoms with Crippen LogP contribution in [-0.4, -0.2) is 56.1 Å². The number of benzene rings is 1. The number of amides is 2. The molecule has 0 spiro atoms. The van der Waals surface area contributed by atoms with Crippen LogP contribution in [0.25, 0.3) is 6.08 Å². The van der Waals surface area contributed by atoms with Crippen molar-refractivity contribution in [3.8, 4) is 0 Å². The lowest BCUT2D eigenvalue weighted by atomic mass is 10.1. The van der Waals surface area contributed by atoms with Gasteiger partial charge in [0.15, 0.2) is 0 Å². The molecule has 2 heterocycles. The Balaban J connectivity index is 1.58. The van der Waals surface area contributed by atoms with Gasteiger partial charge in [-0.15, -0.1) is 11.3 Å². The largest absolute Gasteiger partial charge is 0.379 e. The van der Waals surface area contributed by atoms with Crippen molar-refractivity contribution in [3.05, 3.63) is 63.5 Å². The van der Waals surface area contributed by atoms with Gasteiger partial charge in [-0.2, -0.15) is 0 Å². The quantitative estimate of drug-likeness (QED) is 0.516. The highest BCUT2D eigenvalue weighted by Crippen LogP contribution is 2.13. The van der Waals surface area contributed by atoms with Crippen LogP contribution >= 0.6 is 11.3 Å². The van der Waals surface area contributed by atoms with Gasteiger partial charge in [0, 0.05) is 30.1 Å². The number of ether oxygens (including phenoxy) is 1. The van der Waals surface area contributed by atoms with Crippen LogP contribution in [-0.2, 0) is 9.53 Å². The predicted octanol–water partition coefficient (Wildman–Crippen LogP) is 2.67. The normalized spacial score (nSPS) is 15.1. The van der Waals surface area contributed by atoms with Crippen LogP contribution in [0, 0.1) is 6.92 Å². The van der Waals surface area contributed by atoms with E-state index in [1.807, 2.05) is 36.6 Å². The highest BCUT2D eigenvalue weighted by atomic mass is 32.1. The molecule has 29 heavy (non-hydrogen) atoms. The second kappa shape index (κ2) is 10.9. The van der Waals surface area contributed by atoms with Crippen molar-refractivity contribution in [2.75, 3.05) is 39.4 Å². The van der Waals surface area contributed by atoms with Crippen molar-refractivity contribution in [2.24, 2.45) is 0 Å². The minimum Gasteiger partial charge on any atom is -0.379 e. The molecule has 1 aliphatic heterocycles. The van der Waals surface area contributed by atoms with E-state index in [0.717, 1.165) is 49.7 Å². The van der Waals surface area contributed by atoms with Crippen LogP contribution in [0.1, 0.15) is 27.2 Å². The number of thiophene rings is 1. The summed E-state index contributed by atoms with van der Waals surface area (Å²) in [5.41, 5.74) is 1.85. The lowest BCUT2D eigenvalue weighted by molar-refractivity contribution is -0.117. The SMILES string of the molecule is Cc1ccc(C(=O)N/C(=C\c2cccs2)C(=O)NCCCN2CCOCC2)cc1. The maximum Gasteiger partial charge on any atom is 0.267 e. The van der Waals surface area contributed by atoms with Crippen LogP contribution in [0.2, 0.25) is 0 Å². The molecule has 0 atom stereocenters. The van der Waals surface area contributed by atoms with Crippen molar-refractivity contribution < 1.29 is 14.3 Å². The van der Waals surface area contributed by atoms with Crippen molar-refractivity contribution in [1.82, 2.24) is 15.5 Å². The molecule has 1 aromatic carbocycles. The minimum atomic E-state index is -0.295. The number of morpholine rings is 1. The topological polar surface area (TPSA) is 70.7 Å². The third kappa shape index (κ3) is 6.81. The van der Waals surface area contributed by atoms with E-state index in [1.165, 1.54) is 11.3 Å². The second-order valence-electron chi connectivity index (χ2n) is 6.96. The average molecular weight is 414 g/mol. The number of nitrogens with one attached hydrogen (secondary N) is 2. The Morgan fingerprint density at radius 2 is 1.93 bits per heavy atom. The zero-order valence-corrected chi connectivity index (χ0v) is 17.5. The van der Waals surface area contributed by atoms with Gasteiger partial charge in [0.25, 0.3) is 11.8 Å². The van der Waals surface area contributed by atoms with Gasteiger partial charge in [0.2, 0.25) is 0 Å². The van der Waals surface area contributed by atoms with Gasteiger partial charge >= 0.3 is 0 Å². The van der Waals surface area contributed by atoms with E-state index in [9.17, 15) is 9.59 Å². The van der Waals surface area contributed by atoms with Gasteiger partial charge < -0.3 is 15.4 Å². The van der Waals surface area contributed by atoms with E-state index < -0.39 is 0 Å². The standard InChI is InChI=1S/C22H27N3O3S/c1-17-5-7-18(8-6-17)21(26)24-20(16-19-4-2-15-29-19)22(27)23-9-3-10-25-11-13-28-14-12-25/h2,4-8,15-16H,3,9-14H2,1H3,(H,23,27)(H,24,26)/b20-16-. The molecule has 154 valence electrons. The Morgan fingerprint density at radius 3 is 2.62 bits per heavy atom. The first-order valence-electron chi connectivity index (χ1n) is 9.83. The zero-order valence-electron chi connectivity index (χ0n) is 16.6. The van der Waals surface area contributed by atoms with Crippen molar-refractivity contribution in [2.45, 2.75) is 13.3 Å². The van der Waals surface area contributed by atoms with Gasteiger partial charge in [-0.25, -0.2) is 0 Å². The van der Waals surface area contributed by atoms with Crippen molar-refractivity contribution in [3.63, 3.8) is 0 Å². The number of carbonyl (C=O) groups excluding carboxylic acids is 2. The summed E-state index contributed by atoms with van der Waals surface area (Å²) in [5.74, 6) is -0.572. The number of carbonyl (C=O) groups is 2. The summed E-state index contributed by atoms with van der Waals surface area (Å²) in [4.78, 5) is 28.5. The molecule has 3 rings (SSSR count). The summed E-state index contributed by atoms with van der Waals surface area (Å²) in [6, 6.07) is 11.1. The first-order chi connectivity index (χ1) is 14.1. The molecular formula is C22H27N3O3S. The van der Waals surface area contributed by atoms with Gasteiger partial charge in [-0.3, -0.25) is 14.5 Å². The Hall–Kier alpha value is -2.48. The van der Waals surface area contributed by atoms with Crippen molar-refractivity contribution in [1.29, 1.82) is 0 Å². The number of rotatable bonds is 8. The molecule has 0 unspecified atom stereocenters. The molecule has 1 aromatic heterocycles. The minimum absolute atomic E-state index is 0.254. The molecule has 0 bridgehead atoms. The average Bonchev–Trinajstić information content (AvgIpc) is 3.25. The third-order valence-electron chi connectivity index (χ3n) is 4.68. The summed E-state index contributed by atoms with van der Waals surface area (Å²) in [5, 5.41) is 7.63. The molecule has 0 aliphatic carbocycles. The molecule has 1 fully saturated rings. The molecule has 6 nitrogen and oxygen atoms in total. The molecule has 0 saturated carbocycles. The monoisotopic (exact) mass is 413 g/mol. The van der Waals surface area contributed by atoms with Gasteiger partial charge in [-0.05, 0) is 49.5 Å². The van der Waals surface area contributed by atoms with Gasteiger partial charge in [0.05, 0.1) is 13.2 Å². The summed E-state index contributed by atoms with van der Waals surface area (Å²) < 4.78 is 5.35. The van der Waals surface area contributed by atoms with Crippen LogP contribution in [0.15, 0.2) is 47.5 Å². The van der Waals surface area contributed by atoms with E-state index in [0.29, 0.717) is 12.1 Å². The van der Waals surface area contributed by atoms with Crippen LogP contribution in [0.4, 0.5) is 0 Å². The number of hydrogen-bond acceptors (Lipinski definition) is 5. The molecule has 0 radical (unpaired) electrons. The maximum atomic E-state index is 12.7. The zero-order chi connectivity index (χ0) is 20.5. The molecular weight excluding hydrogens is 386 g/mol. The molecule has 1 saturated heterocycles. The highest BCUT2D eigenvalue weighted by Gasteiger charge is 2.15. The lowest BCUT2D eigenvalue weighted by Crippen LogP contribution is -2.39. The summed E-state index contributed by atoms with van der Waals surface area (Å²) in [6.45, 7) is 6.85. The maximum absolute atomic E-state index is 12.7. The van der Waals surface area contributed by atoms with E-state index >= 15 is 0 Å². The van der Waals surface area contributed by atoms with Gasteiger partial charge in [-0.1, -0.05) is 23.8 Å². The fourth-order valence-electron chi connectivity index (χ4n) is 3.00. The fraction of sp³-hybridized carbons (Fsp3) is 0.364. The second-order valence-corrected chi connectivity index (χ2v) is 7.94. The Bertz CT molecular complexity index is 825. The molecule has 1 aliphatic rings. The highest BCUT2D eigenvalue weighted by molar-refractivity contribution is 7.10. The Morgan fingerprint density at radius 1 is 1.17 bits per heavy atom. The van der Waals surface area contributed by atoms with E-state index in [1.54, 1.807) is 18.2 Å². The van der Waals surface area contributed by atoms with Gasteiger partial charge in [0.1, 0.15) is 5.70 Å². The first-order valence-corrected chi connectivity index (χ1v) is 10.7. The van der Waals surface area contributed by atoms with Crippen LogP contribution in [0.3, 0.4) is 0 Å². The number of nitrogens with zero attached hydrogens (tertiary/aromatic N) is 1. The van der Waals surface area contributed by atoms with Crippen LogP contribution < -0.4 is 10.6 Å². The smallest absolute Gasteiger partial charge is 0.267 e. The summed E-state index contributed by atoms with van der Waals surface area (Å²) >= 11 is 1.51. The molecule has 2 N–H and O–H groups in total. The molecule has 2 amide bonds. The summed E-state index contributed by atoms with van der Waals surface area (Å²) in [6.07, 6.45) is 2.57. The van der Waals surface area contributed by atoms with Crippen LogP contribution in [0.5, 0.6) is 0 Å². The van der Waals surface area contributed by atoms with E-state index in [2.05, 4.69) is 15.5 Å². The lowest BCUT2D eigenvalue weighted by Gasteiger charge is -2.26. The fourth-order valence-corrected chi connectivity index (χ4v) is 3.66. The Labute approximate surface area is 175 Å². The number of hydrogen-bond donors (Lipinski definition) is 2. The predicted molar refractivity (Wildman–Crippen MR) is 116 cm³/mol. The first kappa shape index (κ1) is 21.2. The summed E-state index contributed by atoms with van der Waals surface area (Å²) in [7, 11) is 0. The van der Waals surface area contributed by atoms with E-state index in [-0.39, 0.29) is 17.5 Å². The molecule has 7 heteroatoms. The van der Waals surface area contributed by atoms with E-state index in [4.69, 9.17) is 4.74 Å².